The maximum absolute atomic E-state index is 12.7. The molecule has 4 nitrogen and oxygen atoms in total. The summed E-state index contributed by atoms with van der Waals surface area (Å²) in [5, 5.41) is 3.81. The Hall–Kier alpha value is -1.69. The van der Waals surface area contributed by atoms with Gasteiger partial charge < -0.3 is 0 Å². The lowest BCUT2D eigenvalue weighted by atomic mass is 10.2. The first-order valence-corrected chi connectivity index (χ1v) is 5.92. The molecule has 0 aliphatic heterocycles. The van der Waals surface area contributed by atoms with E-state index in [1.54, 1.807) is 12.1 Å². The molecule has 6 heteroatoms. The standard InChI is InChI=1S/C10H9FN2O2S/c1-8-4-2-3-5-10(8)13-7-9(6-12-13)16(11,14)15/h2-7H,1H3. The Labute approximate surface area is 92.5 Å². The van der Waals surface area contributed by atoms with Crippen LogP contribution in [0.4, 0.5) is 3.89 Å². The fourth-order valence-electron chi connectivity index (χ4n) is 1.38. The van der Waals surface area contributed by atoms with Crippen LogP contribution < -0.4 is 0 Å². The van der Waals surface area contributed by atoms with Gasteiger partial charge in [0.2, 0.25) is 0 Å². The SMILES string of the molecule is Cc1ccccc1-n1cc(S(=O)(=O)F)cn1. The predicted molar refractivity (Wildman–Crippen MR) is 56.6 cm³/mol. The zero-order valence-corrected chi connectivity index (χ0v) is 9.28. The summed E-state index contributed by atoms with van der Waals surface area (Å²) in [6.45, 7) is 1.86. The largest absolute Gasteiger partial charge is 0.335 e. The molecule has 1 aromatic heterocycles. The summed E-state index contributed by atoms with van der Waals surface area (Å²) < 4.78 is 35.3. The first-order valence-electron chi connectivity index (χ1n) is 4.54. The first kappa shape index (κ1) is 10.8. The minimum atomic E-state index is -4.69. The lowest BCUT2D eigenvalue weighted by molar-refractivity contribution is 0.552. The predicted octanol–water partition coefficient (Wildman–Crippen LogP) is 1.84. The van der Waals surface area contributed by atoms with Crippen LogP contribution in [-0.4, -0.2) is 18.2 Å². The van der Waals surface area contributed by atoms with Crippen molar-refractivity contribution >= 4 is 10.2 Å². The molecule has 0 saturated carbocycles. The number of nitrogens with zero attached hydrogens (tertiary/aromatic N) is 2. The van der Waals surface area contributed by atoms with Crippen molar-refractivity contribution in [3.05, 3.63) is 42.2 Å². The Morgan fingerprint density at radius 2 is 2.00 bits per heavy atom. The fourth-order valence-corrected chi connectivity index (χ4v) is 1.78. The molecule has 0 N–H and O–H groups in total. The Balaban J connectivity index is 2.52. The van der Waals surface area contributed by atoms with E-state index in [1.165, 1.54) is 4.68 Å². The number of hydrogen-bond acceptors (Lipinski definition) is 3. The number of hydrogen-bond donors (Lipinski definition) is 0. The Bertz CT molecular complexity index is 619. The van der Waals surface area contributed by atoms with Gasteiger partial charge in [0, 0.05) is 0 Å². The molecule has 2 aromatic rings. The molecule has 84 valence electrons. The second-order valence-electron chi connectivity index (χ2n) is 3.34. The number of para-hydroxylation sites is 1. The van der Waals surface area contributed by atoms with E-state index in [1.807, 2.05) is 19.1 Å². The van der Waals surface area contributed by atoms with E-state index in [0.29, 0.717) is 0 Å². The van der Waals surface area contributed by atoms with Gasteiger partial charge >= 0.3 is 10.2 Å². The summed E-state index contributed by atoms with van der Waals surface area (Å²) in [5.41, 5.74) is 1.64. The highest BCUT2D eigenvalue weighted by Crippen LogP contribution is 2.16. The number of aryl methyl sites for hydroxylation is 1. The number of aromatic nitrogens is 2. The molecule has 1 heterocycles. The summed E-state index contributed by atoms with van der Waals surface area (Å²) >= 11 is 0. The second kappa shape index (κ2) is 3.71. The van der Waals surface area contributed by atoms with E-state index >= 15 is 0 Å². The van der Waals surface area contributed by atoms with E-state index < -0.39 is 15.1 Å². The second-order valence-corrected chi connectivity index (χ2v) is 4.69. The smallest absolute Gasteiger partial charge is 0.239 e. The summed E-state index contributed by atoms with van der Waals surface area (Å²) in [6, 6.07) is 7.29. The quantitative estimate of drug-likeness (QED) is 0.752. The summed E-state index contributed by atoms with van der Waals surface area (Å²) in [6.07, 6.45) is 2.14. The van der Waals surface area contributed by atoms with Gasteiger partial charge in [0.05, 0.1) is 18.1 Å². The van der Waals surface area contributed by atoms with Crippen LogP contribution in [0.3, 0.4) is 0 Å². The van der Waals surface area contributed by atoms with E-state index in [9.17, 15) is 12.3 Å². The van der Waals surface area contributed by atoms with Crippen molar-refractivity contribution in [2.75, 3.05) is 0 Å². The lowest BCUT2D eigenvalue weighted by Crippen LogP contribution is -1.96. The third-order valence-electron chi connectivity index (χ3n) is 2.20. The van der Waals surface area contributed by atoms with Crippen LogP contribution >= 0.6 is 0 Å². The minimum Gasteiger partial charge on any atom is -0.239 e. The third-order valence-corrected chi connectivity index (χ3v) is 2.98. The van der Waals surface area contributed by atoms with E-state index in [4.69, 9.17) is 0 Å². The number of benzene rings is 1. The molecule has 0 aliphatic carbocycles. The Morgan fingerprint density at radius 1 is 1.31 bits per heavy atom. The van der Waals surface area contributed by atoms with E-state index in [-0.39, 0.29) is 0 Å². The van der Waals surface area contributed by atoms with Gasteiger partial charge in [-0.25, -0.2) is 4.68 Å². The lowest BCUT2D eigenvalue weighted by Gasteiger charge is -2.03. The number of halogens is 1. The van der Waals surface area contributed by atoms with Gasteiger partial charge in [-0.2, -0.15) is 13.5 Å². The molecule has 0 fully saturated rings. The van der Waals surface area contributed by atoms with Gasteiger partial charge in [-0.15, -0.1) is 3.89 Å². The highest BCUT2D eigenvalue weighted by atomic mass is 32.3. The zero-order chi connectivity index (χ0) is 11.8. The molecule has 1 aromatic carbocycles. The van der Waals surface area contributed by atoms with E-state index in [2.05, 4.69) is 5.10 Å². The van der Waals surface area contributed by atoms with Crippen LogP contribution in [0.15, 0.2) is 41.6 Å². The highest BCUT2D eigenvalue weighted by molar-refractivity contribution is 7.86. The van der Waals surface area contributed by atoms with Gasteiger partial charge in [0.15, 0.2) is 0 Å². The molecule has 0 unspecified atom stereocenters. The molecule has 0 amide bonds. The van der Waals surface area contributed by atoms with Crippen LogP contribution in [0.5, 0.6) is 0 Å². The Morgan fingerprint density at radius 3 is 2.56 bits per heavy atom. The molecule has 2 rings (SSSR count). The molecular formula is C10H9FN2O2S. The summed E-state index contributed by atoms with van der Waals surface area (Å²) in [5.74, 6) is 0. The van der Waals surface area contributed by atoms with Gasteiger partial charge in [0.1, 0.15) is 4.90 Å². The van der Waals surface area contributed by atoms with Crippen LogP contribution in [0.1, 0.15) is 5.56 Å². The summed E-state index contributed by atoms with van der Waals surface area (Å²) in [7, 11) is -4.69. The zero-order valence-electron chi connectivity index (χ0n) is 8.46. The first-order chi connectivity index (χ1) is 7.48. The van der Waals surface area contributed by atoms with Gasteiger partial charge in [0.25, 0.3) is 0 Å². The van der Waals surface area contributed by atoms with Crippen LogP contribution in [0.2, 0.25) is 0 Å². The molecule has 0 saturated heterocycles. The third kappa shape index (κ3) is 1.96. The van der Waals surface area contributed by atoms with Gasteiger partial charge in [-0.3, -0.25) is 0 Å². The van der Waals surface area contributed by atoms with E-state index in [0.717, 1.165) is 23.6 Å². The molecule has 0 radical (unpaired) electrons. The van der Waals surface area contributed by atoms with Gasteiger partial charge in [-0.1, -0.05) is 18.2 Å². The summed E-state index contributed by atoms with van der Waals surface area (Å²) in [4.78, 5) is -0.434. The van der Waals surface area contributed by atoms with Crippen molar-refractivity contribution < 1.29 is 12.3 Å². The average Bonchev–Trinajstić information content (AvgIpc) is 2.66. The molecule has 0 bridgehead atoms. The molecule has 0 atom stereocenters. The van der Waals surface area contributed by atoms with Crippen molar-refractivity contribution in [3.63, 3.8) is 0 Å². The van der Waals surface area contributed by atoms with Crippen LogP contribution in [-0.2, 0) is 10.2 Å². The topological polar surface area (TPSA) is 52.0 Å². The average molecular weight is 240 g/mol. The molecule has 0 aliphatic rings. The maximum Gasteiger partial charge on any atom is 0.335 e. The molecule has 16 heavy (non-hydrogen) atoms. The molecule has 0 spiro atoms. The van der Waals surface area contributed by atoms with Crippen molar-refractivity contribution in [3.8, 4) is 5.69 Å². The van der Waals surface area contributed by atoms with Crippen molar-refractivity contribution in [1.29, 1.82) is 0 Å². The van der Waals surface area contributed by atoms with Crippen molar-refractivity contribution in [2.45, 2.75) is 11.8 Å². The van der Waals surface area contributed by atoms with Gasteiger partial charge in [-0.05, 0) is 18.6 Å². The van der Waals surface area contributed by atoms with Crippen LogP contribution in [0, 0.1) is 6.92 Å². The highest BCUT2D eigenvalue weighted by Gasteiger charge is 2.15. The fraction of sp³-hybridized carbons (Fsp3) is 0.100. The Kier molecular flexibility index (Phi) is 2.51. The number of rotatable bonds is 2. The minimum absolute atomic E-state index is 0.434. The normalized spacial score (nSPS) is 11.6. The monoisotopic (exact) mass is 240 g/mol. The maximum atomic E-state index is 12.7. The van der Waals surface area contributed by atoms with Crippen LogP contribution in [0.25, 0.3) is 5.69 Å². The van der Waals surface area contributed by atoms with Crippen molar-refractivity contribution in [1.82, 2.24) is 9.78 Å². The van der Waals surface area contributed by atoms with Crippen molar-refractivity contribution in [2.24, 2.45) is 0 Å². The molecular weight excluding hydrogens is 231 g/mol.